The normalized spacial score (nSPS) is 20.5. The lowest BCUT2D eigenvalue weighted by Crippen LogP contribution is -2.33. The fraction of sp³-hybridized carbons (Fsp3) is 0.457. The van der Waals surface area contributed by atoms with Crippen LogP contribution in [0.4, 0.5) is 0 Å². The lowest BCUT2D eigenvalue weighted by Gasteiger charge is -2.21. The van der Waals surface area contributed by atoms with Gasteiger partial charge in [0.1, 0.15) is 18.1 Å². The minimum absolute atomic E-state index is 0.0523. The molecule has 1 heterocycles. The van der Waals surface area contributed by atoms with Crippen LogP contribution >= 0.6 is 11.6 Å². The second kappa shape index (κ2) is 13.5. The first-order valence-electron chi connectivity index (χ1n) is 15.1. The third-order valence-electron chi connectivity index (χ3n) is 8.23. The van der Waals surface area contributed by atoms with E-state index in [-0.39, 0.29) is 11.4 Å². The number of nitrogens with one attached hydrogen (secondary N) is 1. The van der Waals surface area contributed by atoms with Crippen molar-refractivity contribution < 1.29 is 19.0 Å². The van der Waals surface area contributed by atoms with Crippen LogP contribution in [0.2, 0.25) is 5.02 Å². The number of rotatable bonds is 13. The Morgan fingerprint density at radius 3 is 2.17 bits per heavy atom. The minimum Gasteiger partial charge on any atom is -0.492 e. The van der Waals surface area contributed by atoms with E-state index in [2.05, 4.69) is 43.1 Å². The zero-order chi connectivity index (χ0) is 29.7. The summed E-state index contributed by atoms with van der Waals surface area (Å²) in [6.45, 7) is 13.4. The highest BCUT2D eigenvalue weighted by molar-refractivity contribution is 6.30. The van der Waals surface area contributed by atoms with Crippen LogP contribution in [0.1, 0.15) is 44.4 Å². The Kier molecular flexibility index (Phi) is 9.77. The van der Waals surface area contributed by atoms with Gasteiger partial charge in [-0.25, -0.2) is 4.79 Å². The Bertz CT molecular complexity index is 1290. The van der Waals surface area contributed by atoms with E-state index in [0.29, 0.717) is 31.4 Å². The molecule has 1 N–H and O–H groups in total. The van der Waals surface area contributed by atoms with Gasteiger partial charge in [-0.15, -0.1) is 0 Å². The summed E-state index contributed by atoms with van der Waals surface area (Å²) in [6, 6.07) is 24.6. The number of halogens is 1. The summed E-state index contributed by atoms with van der Waals surface area (Å²) >= 11 is 6.01. The number of nitrogens with zero attached hydrogens (tertiary/aromatic N) is 1. The van der Waals surface area contributed by atoms with Crippen LogP contribution in [0.5, 0.6) is 11.5 Å². The Balaban J connectivity index is 1.04. The molecule has 1 aliphatic carbocycles. The first kappa shape index (κ1) is 30.4. The highest BCUT2D eigenvalue weighted by atomic mass is 35.5. The van der Waals surface area contributed by atoms with Gasteiger partial charge in [-0.1, -0.05) is 68.8 Å². The predicted octanol–water partition coefficient (Wildman–Crippen LogP) is 6.29. The van der Waals surface area contributed by atoms with Crippen LogP contribution < -0.4 is 14.8 Å². The maximum absolute atomic E-state index is 12.7. The van der Waals surface area contributed by atoms with E-state index < -0.39 is 6.10 Å². The zero-order valence-corrected chi connectivity index (χ0v) is 25.9. The number of hydrogen-bond donors (Lipinski definition) is 1. The molecule has 0 aromatic heterocycles. The second-order valence-corrected chi connectivity index (χ2v) is 12.9. The van der Waals surface area contributed by atoms with E-state index in [1.807, 2.05) is 60.7 Å². The molecule has 2 unspecified atom stereocenters. The number of benzene rings is 3. The van der Waals surface area contributed by atoms with Gasteiger partial charge in [-0.3, -0.25) is 4.90 Å². The molecular formula is C35H43ClN2O4. The number of carbonyl (C=O) groups excluding carboxylic acids is 1. The number of hydrogen-bond acceptors (Lipinski definition) is 6. The quantitative estimate of drug-likeness (QED) is 0.186. The third-order valence-corrected chi connectivity index (χ3v) is 8.48. The maximum atomic E-state index is 12.7. The van der Waals surface area contributed by atoms with Gasteiger partial charge < -0.3 is 19.5 Å². The van der Waals surface area contributed by atoms with Crippen molar-refractivity contribution in [2.45, 2.75) is 58.2 Å². The van der Waals surface area contributed by atoms with E-state index in [1.54, 1.807) is 6.92 Å². The number of piperidine rings is 1. The van der Waals surface area contributed by atoms with E-state index in [4.69, 9.17) is 25.8 Å². The molecule has 2 fully saturated rings. The van der Waals surface area contributed by atoms with Crippen molar-refractivity contribution >= 4 is 17.6 Å². The van der Waals surface area contributed by atoms with Crippen molar-refractivity contribution in [2.75, 3.05) is 32.8 Å². The standard InChI is InChI=1S/C35H43ClN2O4/c1-5-40-34(39)32(42-29-16-10-26(11-17-29)35(2,3)4)20-24-8-14-28(15-9-24)41-19-18-37-33-30-22-38(23-31(30)33)21-25-6-12-27(36)13-7-25/h6-17,30-33,37H,5,18-23H2,1-4H3/t30-,31?,32-,33?/m0/s1. The highest BCUT2D eigenvalue weighted by Gasteiger charge is 2.55. The summed E-state index contributed by atoms with van der Waals surface area (Å²) in [7, 11) is 0. The van der Waals surface area contributed by atoms with E-state index in [1.165, 1.54) is 11.1 Å². The largest absolute Gasteiger partial charge is 0.492 e. The first-order chi connectivity index (χ1) is 20.2. The molecule has 7 heteroatoms. The van der Waals surface area contributed by atoms with Crippen molar-refractivity contribution in [3.05, 3.63) is 94.5 Å². The van der Waals surface area contributed by atoms with Gasteiger partial charge in [0.05, 0.1) is 6.61 Å². The smallest absolute Gasteiger partial charge is 0.347 e. The summed E-state index contributed by atoms with van der Waals surface area (Å²) in [6.07, 6.45) is -0.303. The molecule has 6 nitrogen and oxygen atoms in total. The van der Waals surface area contributed by atoms with Crippen LogP contribution in [0.3, 0.4) is 0 Å². The van der Waals surface area contributed by atoms with Crippen LogP contribution in [0.25, 0.3) is 0 Å². The topological polar surface area (TPSA) is 60.0 Å². The van der Waals surface area contributed by atoms with Crippen LogP contribution in [-0.4, -0.2) is 55.9 Å². The Labute approximate surface area is 255 Å². The SMILES string of the molecule is CCOC(=O)[C@H](Cc1ccc(OCCNC2C3CN(Cc4ccc(Cl)cc4)C[C@@H]32)cc1)Oc1ccc(C(C)(C)C)cc1. The molecular weight excluding hydrogens is 548 g/mol. The molecule has 0 bridgehead atoms. The lowest BCUT2D eigenvalue weighted by molar-refractivity contribution is -0.151. The fourth-order valence-corrected chi connectivity index (χ4v) is 5.96. The molecule has 3 aromatic rings. The molecule has 3 aromatic carbocycles. The van der Waals surface area contributed by atoms with Crippen LogP contribution in [0.15, 0.2) is 72.8 Å². The summed E-state index contributed by atoms with van der Waals surface area (Å²) in [4.78, 5) is 15.2. The molecule has 1 saturated carbocycles. The molecule has 1 saturated heterocycles. The molecule has 4 atom stereocenters. The molecule has 0 spiro atoms. The molecule has 0 amide bonds. The summed E-state index contributed by atoms with van der Waals surface area (Å²) in [5, 5.41) is 4.47. The zero-order valence-electron chi connectivity index (χ0n) is 25.1. The Morgan fingerprint density at radius 2 is 1.55 bits per heavy atom. The molecule has 2 aliphatic rings. The fourth-order valence-electron chi connectivity index (χ4n) is 5.83. The van der Waals surface area contributed by atoms with Crippen LogP contribution in [-0.2, 0) is 27.9 Å². The summed E-state index contributed by atoms with van der Waals surface area (Å²) in [5.74, 6) is 2.59. The van der Waals surface area contributed by atoms with Crippen molar-refractivity contribution in [3.63, 3.8) is 0 Å². The van der Waals surface area contributed by atoms with Gasteiger partial charge in [0.2, 0.25) is 0 Å². The average molecular weight is 591 g/mol. The van der Waals surface area contributed by atoms with Gasteiger partial charge in [-0.05, 0) is 77.3 Å². The maximum Gasteiger partial charge on any atom is 0.347 e. The van der Waals surface area contributed by atoms with Gasteiger partial charge >= 0.3 is 5.97 Å². The first-order valence-corrected chi connectivity index (χ1v) is 15.4. The van der Waals surface area contributed by atoms with Gasteiger partial charge in [0.15, 0.2) is 6.10 Å². The molecule has 1 aliphatic heterocycles. The number of fused-ring (bicyclic) bond motifs is 1. The van der Waals surface area contributed by atoms with E-state index in [9.17, 15) is 4.79 Å². The van der Waals surface area contributed by atoms with Crippen molar-refractivity contribution in [1.29, 1.82) is 0 Å². The summed E-state index contributed by atoms with van der Waals surface area (Å²) in [5.41, 5.74) is 3.57. The second-order valence-electron chi connectivity index (χ2n) is 12.5. The highest BCUT2D eigenvalue weighted by Crippen LogP contribution is 2.45. The number of ether oxygens (including phenoxy) is 3. The van der Waals surface area contributed by atoms with Gasteiger partial charge in [-0.2, -0.15) is 0 Å². The Morgan fingerprint density at radius 1 is 0.929 bits per heavy atom. The third kappa shape index (κ3) is 8.06. The minimum atomic E-state index is -0.721. The molecule has 42 heavy (non-hydrogen) atoms. The lowest BCUT2D eigenvalue weighted by atomic mass is 9.87. The average Bonchev–Trinajstić information content (AvgIpc) is 3.42. The van der Waals surface area contributed by atoms with E-state index in [0.717, 1.165) is 54.4 Å². The van der Waals surface area contributed by atoms with Gasteiger partial charge in [0.25, 0.3) is 0 Å². The molecule has 0 radical (unpaired) electrons. The van der Waals surface area contributed by atoms with E-state index >= 15 is 0 Å². The van der Waals surface area contributed by atoms with Crippen molar-refractivity contribution in [1.82, 2.24) is 10.2 Å². The van der Waals surface area contributed by atoms with Crippen molar-refractivity contribution in [3.8, 4) is 11.5 Å². The molecule has 5 rings (SSSR count). The monoisotopic (exact) mass is 590 g/mol. The Hall–Kier alpha value is -3.06. The van der Waals surface area contributed by atoms with Crippen molar-refractivity contribution in [2.24, 2.45) is 11.8 Å². The number of esters is 1. The number of likely N-dealkylation sites (tertiary alicyclic amines) is 1. The van der Waals surface area contributed by atoms with Gasteiger partial charge in [0, 0.05) is 43.7 Å². The summed E-state index contributed by atoms with van der Waals surface area (Å²) < 4.78 is 17.4. The predicted molar refractivity (Wildman–Crippen MR) is 167 cm³/mol. The number of carbonyl (C=O) groups is 1. The van der Waals surface area contributed by atoms with Crippen LogP contribution in [0, 0.1) is 11.8 Å². The molecule has 224 valence electrons.